The summed E-state index contributed by atoms with van der Waals surface area (Å²) in [5, 5.41) is 9.19. The van der Waals surface area contributed by atoms with E-state index in [1.165, 1.54) is 25.7 Å². The fourth-order valence-corrected chi connectivity index (χ4v) is 3.43. The van der Waals surface area contributed by atoms with Crippen LogP contribution in [0, 0.1) is 23.2 Å². The van der Waals surface area contributed by atoms with Crippen LogP contribution in [0.25, 0.3) is 0 Å². The van der Waals surface area contributed by atoms with Crippen LogP contribution in [-0.4, -0.2) is 11.1 Å². The van der Waals surface area contributed by atoms with Crippen LogP contribution in [0.2, 0.25) is 0 Å². The van der Waals surface area contributed by atoms with Crippen molar-refractivity contribution in [2.75, 3.05) is 0 Å². The van der Waals surface area contributed by atoms with Crippen LogP contribution in [0.5, 0.6) is 0 Å². The van der Waals surface area contributed by atoms with Crippen LogP contribution in [0.4, 0.5) is 0 Å². The van der Waals surface area contributed by atoms with E-state index in [-0.39, 0.29) is 0 Å². The van der Waals surface area contributed by atoms with Crippen molar-refractivity contribution in [3.63, 3.8) is 0 Å². The second-order valence-corrected chi connectivity index (χ2v) is 5.57. The molecule has 0 radical (unpaired) electrons. The van der Waals surface area contributed by atoms with Gasteiger partial charge >= 0.3 is 5.97 Å². The van der Waals surface area contributed by atoms with Gasteiger partial charge in [0.1, 0.15) is 0 Å². The van der Waals surface area contributed by atoms with Crippen LogP contribution in [0.15, 0.2) is 12.7 Å². The zero-order chi connectivity index (χ0) is 11.1. The number of hydrogen-bond donors (Lipinski definition) is 1. The van der Waals surface area contributed by atoms with Crippen LogP contribution in [-0.2, 0) is 4.79 Å². The maximum Gasteiger partial charge on any atom is 0.313 e. The minimum atomic E-state index is -0.722. The Kier molecular flexibility index (Phi) is 2.61. The molecule has 0 aromatic heterocycles. The molecule has 4 unspecified atom stereocenters. The lowest BCUT2D eigenvalue weighted by Crippen LogP contribution is -2.29. The van der Waals surface area contributed by atoms with E-state index in [2.05, 4.69) is 6.58 Å². The number of carboxylic acids is 1. The Balaban J connectivity index is 2.02. The minimum absolute atomic E-state index is 0.628. The second kappa shape index (κ2) is 3.66. The Hall–Kier alpha value is -0.790. The summed E-state index contributed by atoms with van der Waals surface area (Å²) in [5.74, 6) is 1.60. The zero-order valence-corrected chi connectivity index (χ0v) is 9.41. The molecule has 0 saturated heterocycles. The van der Waals surface area contributed by atoms with Gasteiger partial charge in [-0.25, -0.2) is 0 Å². The van der Waals surface area contributed by atoms with E-state index in [1.54, 1.807) is 13.0 Å². The maximum absolute atomic E-state index is 11.2. The highest BCUT2D eigenvalue weighted by molar-refractivity contribution is 5.76. The van der Waals surface area contributed by atoms with Crippen molar-refractivity contribution in [3.05, 3.63) is 12.7 Å². The van der Waals surface area contributed by atoms with Crippen molar-refractivity contribution in [2.45, 2.75) is 39.0 Å². The summed E-state index contributed by atoms with van der Waals surface area (Å²) in [6.07, 6.45) is 7.69. The normalized spacial score (nSPS) is 37.5. The third-order valence-corrected chi connectivity index (χ3v) is 4.51. The van der Waals surface area contributed by atoms with E-state index < -0.39 is 11.4 Å². The molecule has 2 aliphatic rings. The quantitative estimate of drug-likeness (QED) is 0.721. The number of hydrogen-bond acceptors (Lipinski definition) is 1. The monoisotopic (exact) mass is 208 g/mol. The lowest BCUT2D eigenvalue weighted by Gasteiger charge is -2.29. The third kappa shape index (κ3) is 1.82. The van der Waals surface area contributed by atoms with Gasteiger partial charge in [-0.05, 0) is 50.4 Å². The van der Waals surface area contributed by atoms with Crippen LogP contribution < -0.4 is 0 Å². The first kappa shape index (κ1) is 10.7. The summed E-state index contributed by atoms with van der Waals surface area (Å²) >= 11 is 0. The van der Waals surface area contributed by atoms with Crippen molar-refractivity contribution in [2.24, 2.45) is 23.2 Å². The number of carbonyl (C=O) groups is 1. The molecule has 2 fully saturated rings. The van der Waals surface area contributed by atoms with Gasteiger partial charge in [-0.2, -0.15) is 0 Å². The molecule has 2 nitrogen and oxygen atoms in total. The third-order valence-electron chi connectivity index (χ3n) is 4.51. The van der Waals surface area contributed by atoms with Crippen LogP contribution in [0.3, 0.4) is 0 Å². The first-order valence-corrected chi connectivity index (χ1v) is 5.92. The van der Waals surface area contributed by atoms with Gasteiger partial charge < -0.3 is 5.11 Å². The van der Waals surface area contributed by atoms with Gasteiger partial charge in [-0.3, -0.25) is 4.79 Å². The summed E-state index contributed by atoms with van der Waals surface area (Å²) < 4.78 is 0. The molecule has 15 heavy (non-hydrogen) atoms. The lowest BCUT2D eigenvalue weighted by molar-refractivity contribution is -0.146. The van der Waals surface area contributed by atoms with E-state index in [0.717, 1.165) is 18.3 Å². The van der Waals surface area contributed by atoms with Gasteiger partial charge in [-0.1, -0.05) is 12.5 Å². The summed E-state index contributed by atoms with van der Waals surface area (Å²) in [6.45, 7) is 5.48. The topological polar surface area (TPSA) is 37.3 Å². The average Bonchev–Trinajstić information content (AvgIpc) is 2.78. The van der Waals surface area contributed by atoms with E-state index in [1.807, 2.05) is 0 Å². The molecule has 0 amide bonds. The highest BCUT2D eigenvalue weighted by atomic mass is 16.4. The maximum atomic E-state index is 11.2. The van der Waals surface area contributed by atoms with Crippen molar-refractivity contribution >= 4 is 5.97 Å². The van der Waals surface area contributed by atoms with E-state index in [4.69, 9.17) is 0 Å². The Morgan fingerprint density at radius 3 is 2.67 bits per heavy atom. The summed E-state index contributed by atoms with van der Waals surface area (Å²) in [5.41, 5.74) is -0.713. The van der Waals surface area contributed by atoms with Gasteiger partial charge in [0.15, 0.2) is 0 Å². The first-order valence-electron chi connectivity index (χ1n) is 5.92. The van der Waals surface area contributed by atoms with Crippen molar-refractivity contribution < 1.29 is 9.90 Å². The van der Waals surface area contributed by atoms with Gasteiger partial charge in [0, 0.05) is 0 Å². The van der Waals surface area contributed by atoms with Gasteiger partial charge in [-0.15, -0.1) is 6.58 Å². The molecule has 2 bridgehead atoms. The smallest absolute Gasteiger partial charge is 0.313 e. The van der Waals surface area contributed by atoms with Gasteiger partial charge in [0.25, 0.3) is 0 Å². The first-order chi connectivity index (χ1) is 7.05. The molecule has 0 heterocycles. The molecule has 0 aromatic carbocycles. The highest BCUT2D eigenvalue weighted by Gasteiger charge is 2.43. The fraction of sp³-hybridized carbons (Fsp3) is 0.769. The molecule has 4 atom stereocenters. The van der Waals surface area contributed by atoms with Gasteiger partial charge in [0.2, 0.25) is 0 Å². The zero-order valence-electron chi connectivity index (χ0n) is 9.41. The summed E-state index contributed by atoms with van der Waals surface area (Å²) in [6, 6.07) is 0. The molecule has 0 aromatic rings. The van der Waals surface area contributed by atoms with Crippen LogP contribution in [0.1, 0.15) is 39.0 Å². The molecule has 2 aliphatic carbocycles. The summed E-state index contributed by atoms with van der Waals surface area (Å²) in [7, 11) is 0. The predicted molar refractivity (Wildman–Crippen MR) is 59.5 cm³/mol. The molecular weight excluding hydrogens is 188 g/mol. The molecule has 2 rings (SSSR count). The molecule has 84 valence electrons. The molecule has 0 aliphatic heterocycles. The standard InChI is InChI=1S/C13H20O2/c1-3-13(2,12(14)15)8-11-7-9-4-5-10(11)6-9/h3,9-11H,1,4-8H2,2H3,(H,14,15). The van der Waals surface area contributed by atoms with Crippen molar-refractivity contribution in [1.29, 1.82) is 0 Å². The number of carboxylic acid groups (broad SMARTS) is 1. The fourth-order valence-electron chi connectivity index (χ4n) is 3.43. The average molecular weight is 208 g/mol. The predicted octanol–water partition coefficient (Wildman–Crippen LogP) is 3.09. The van der Waals surface area contributed by atoms with Crippen molar-refractivity contribution in [1.82, 2.24) is 0 Å². The number of rotatable bonds is 4. The van der Waals surface area contributed by atoms with E-state index in [0.29, 0.717) is 5.92 Å². The number of aliphatic carboxylic acids is 1. The Morgan fingerprint density at radius 1 is 1.53 bits per heavy atom. The Labute approximate surface area is 91.4 Å². The van der Waals surface area contributed by atoms with Crippen molar-refractivity contribution in [3.8, 4) is 0 Å². The van der Waals surface area contributed by atoms with Gasteiger partial charge in [0.05, 0.1) is 5.41 Å². The molecular formula is C13H20O2. The molecule has 2 heteroatoms. The summed E-state index contributed by atoms with van der Waals surface area (Å²) in [4.78, 5) is 11.2. The SMILES string of the molecule is C=CC(C)(CC1CC2CCC1C2)C(=O)O. The molecule has 1 N–H and O–H groups in total. The van der Waals surface area contributed by atoms with E-state index in [9.17, 15) is 9.90 Å². The Morgan fingerprint density at radius 2 is 2.27 bits per heavy atom. The largest absolute Gasteiger partial charge is 0.481 e. The highest BCUT2D eigenvalue weighted by Crippen LogP contribution is 2.51. The van der Waals surface area contributed by atoms with Crippen LogP contribution >= 0.6 is 0 Å². The van der Waals surface area contributed by atoms with E-state index >= 15 is 0 Å². The molecule has 2 saturated carbocycles. The minimum Gasteiger partial charge on any atom is -0.481 e. The molecule has 0 spiro atoms. The lowest BCUT2D eigenvalue weighted by atomic mass is 9.75. The number of fused-ring (bicyclic) bond motifs is 2. The second-order valence-electron chi connectivity index (χ2n) is 5.57. The Bertz CT molecular complexity index is 284.